The van der Waals surface area contributed by atoms with Gasteiger partial charge in [0.15, 0.2) is 6.23 Å². The fourth-order valence-electron chi connectivity index (χ4n) is 5.27. The van der Waals surface area contributed by atoms with Gasteiger partial charge in [-0.05, 0) is 67.0 Å². The van der Waals surface area contributed by atoms with Gasteiger partial charge in [0.05, 0.1) is 13.7 Å². The molecule has 3 aromatic rings. The van der Waals surface area contributed by atoms with Gasteiger partial charge in [-0.15, -0.1) is 0 Å². The fraction of sp³-hybridized carbons (Fsp3) is 0.448. The Kier molecular flexibility index (Phi) is 8.16. The maximum atomic E-state index is 13.4. The summed E-state index contributed by atoms with van der Waals surface area (Å²) in [7, 11) is 1.38. The molecule has 214 valence electrons. The van der Waals surface area contributed by atoms with Crippen LogP contribution in [-0.2, 0) is 19.5 Å². The lowest BCUT2D eigenvalue weighted by Crippen LogP contribution is -2.32. The lowest BCUT2D eigenvalue weighted by atomic mass is 9.95. The topological polar surface area (TPSA) is 109 Å². The van der Waals surface area contributed by atoms with E-state index in [1.807, 2.05) is 12.1 Å². The zero-order valence-corrected chi connectivity index (χ0v) is 22.6. The third-order valence-electron chi connectivity index (χ3n) is 7.61. The van der Waals surface area contributed by atoms with Crippen LogP contribution in [0.25, 0.3) is 11.5 Å². The molecule has 0 amide bonds. The molecular formula is C29H34F3N5O3. The van der Waals surface area contributed by atoms with Crippen LogP contribution in [0.4, 0.5) is 24.5 Å². The normalized spacial score (nSPS) is 17.0. The largest absolute Gasteiger partial charge is 0.494 e. The van der Waals surface area contributed by atoms with Crippen molar-refractivity contribution in [1.29, 1.82) is 0 Å². The highest BCUT2D eigenvalue weighted by atomic mass is 19.4. The average molecular weight is 558 g/mol. The molecule has 0 bridgehead atoms. The number of oxazole rings is 1. The number of halogens is 3. The number of alkyl halides is 3. The van der Waals surface area contributed by atoms with E-state index in [2.05, 4.69) is 39.2 Å². The predicted octanol–water partition coefficient (Wildman–Crippen LogP) is 5.41. The molecule has 3 heterocycles. The van der Waals surface area contributed by atoms with Gasteiger partial charge >= 0.3 is 6.18 Å². The molecule has 0 saturated carbocycles. The fourth-order valence-corrected chi connectivity index (χ4v) is 5.27. The monoisotopic (exact) mass is 557 g/mol. The molecule has 2 aromatic carbocycles. The number of hydrogen-bond acceptors (Lipinski definition) is 8. The molecule has 5 rings (SSSR count). The van der Waals surface area contributed by atoms with Crippen molar-refractivity contribution in [3.05, 3.63) is 59.0 Å². The lowest BCUT2D eigenvalue weighted by Gasteiger charge is -2.32. The van der Waals surface area contributed by atoms with Crippen molar-refractivity contribution in [2.24, 2.45) is 16.6 Å². The molecule has 4 N–H and O–H groups in total. The first-order chi connectivity index (χ1) is 19.2. The van der Waals surface area contributed by atoms with Crippen molar-refractivity contribution in [3.8, 4) is 17.2 Å². The summed E-state index contributed by atoms with van der Waals surface area (Å²) in [5, 5.41) is 14.1. The Morgan fingerprint density at radius 1 is 1.20 bits per heavy atom. The molecule has 1 aromatic heterocycles. The number of rotatable bonds is 8. The molecule has 0 spiro atoms. The zero-order chi connectivity index (χ0) is 28.4. The second-order valence-electron chi connectivity index (χ2n) is 10.4. The highest BCUT2D eigenvalue weighted by Gasteiger charge is 2.38. The van der Waals surface area contributed by atoms with E-state index in [0.717, 1.165) is 30.3 Å². The van der Waals surface area contributed by atoms with E-state index >= 15 is 0 Å². The number of aliphatic hydroxyl groups is 1. The summed E-state index contributed by atoms with van der Waals surface area (Å²) in [6.07, 6.45) is -3.53. The van der Waals surface area contributed by atoms with Crippen LogP contribution in [0.3, 0.4) is 0 Å². The average Bonchev–Trinajstić information content (AvgIpc) is 3.39. The number of aliphatic hydroxyl groups excluding tert-OH is 1. The van der Waals surface area contributed by atoms with Crippen LogP contribution in [0.2, 0.25) is 0 Å². The molecular weight excluding hydrogens is 523 g/mol. The maximum absolute atomic E-state index is 13.4. The Bertz CT molecular complexity index is 1380. The first-order valence-corrected chi connectivity index (χ1v) is 13.5. The van der Waals surface area contributed by atoms with E-state index in [1.165, 1.54) is 26.0 Å². The van der Waals surface area contributed by atoms with Crippen molar-refractivity contribution in [2.75, 3.05) is 25.1 Å². The number of nitrogens with one attached hydrogen (secondary N) is 1. The van der Waals surface area contributed by atoms with Crippen molar-refractivity contribution < 1.29 is 27.4 Å². The Hall–Kier alpha value is -3.41. The van der Waals surface area contributed by atoms with Gasteiger partial charge in [-0.3, -0.25) is 5.32 Å². The van der Waals surface area contributed by atoms with Crippen molar-refractivity contribution >= 4 is 17.1 Å². The molecule has 1 saturated heterocycles. The van der Waals surface area contributed by atoms with Gasteiger partial charge < -0.3 is 24.9 Å². The smallest absolute Gasteiger partial charge is 0.429 e. The molecule has 0 radical (unpaired) electrons. The Morgan fingerprint density at radius 2 is 1.98 bits per heavy atom. The number of nitrogens with two attached hydrogens (primary N) is 1. The molecule has 2 aliphatic heterocycles. The molecule has 11 heteroatoms. The lowest BCUT2D eigenvalue weighted by molar-refractivity contribution is -0.0605. The number of ether oxygens (including phenoxy) is 1. The number of anilines is 1. The number of fused-ring (bicyclic) bond motifs is 1. The van der Waals surface area contributed by atoms with Gasteiger partial charge in [0.25, 0.3) is 0 Å². The van der Waals surface area contributed by atoms with E-state index in [9.17, 15) is 18.3 Å². The third kappa shape index (κ3) is 5.86. The second kappa shape index (κ2) is 11.6. The summed E-state index contributed by atoms with van der Waals surface area (Å²) < 4.78 is 51.3. The number of benzene rings is 2. The molecule has 2 aliphatic rings. The summed E-state index contributed by atoms with van der Waals surface area (Å²) in [5.41, 5.74) is 8.58. The maximum Gasteiger partial charge on any atom is 0.429 e. The predicted molar refractivity (Wildman–Crippen MR) is 147 cm³/mol. The number of hydrogen-bond donors (Lipinski definition) is 3. The van der Waals surface area contributed by atoms with E-state index in [0.29, 0.717) is 17.7 Å². The highest BCUT2D eigenvalue weighted by Crippen LogP contribution is 2.43. The molecule has 1 unspecified atom stereocenters. The van der Waals surface area contributed by atoms with Crippen LogP contribution < -0.4 is 20.7 Å². The molecule has 1 atom stereocenters. The van der Waals surface area contributed by atoms with Crippen molar-refractivity contribution in [1.82, 2.24) is 10.3 Å². The first kappa shape index (κ1) is 28.1. The van der Waals surface area contributed by atoms with Crippen LogP contribution in [0.1, 0.15) is 55.0 Å². The standard InChI is InChI=1S/C29H34F3N5O3/c1-17-10-12-37(13-11-17)19-5-3-4-18(14-19)16-34-27(38)26-23(15-33)40-28(36-26)21-6-8-22(39-2)25-20(21)7-9-24(35-25)29(30,31)32/h3-6,8,14,17,27,34,38H,7,9-13,15-16,33H2,1-2H3. The Balaban J connectivity index is 1.36. The van der Waals surface area contributed by atoms with E-state index in [4.69, 9.17) is 14.9 Å². The van der Waals surface area contributed by atoms with Gasteiger partial charge in [0, 0.05) is 30.9 Å². The molecule has 8 nitrogen and oxygen atoms in total. The first-order valence-electron chi connectivity index (χ1n) is 13.5. The molecule has 1 fully saturated rings. The SMILES string of the molecule is COc1ccc(-c2nc(C(O)NCc3cccc(N4CCC(C)CC4)c3)c(CN)o2)c2c1N=C(C(F)(F)F)CC2. The minimum absolute atomic E-state index is 0.0152. The van der Waals surface area contributed by atoms with E-state index in [-0.39, 0.29) is 48.2 Å². The third-order valence-corrected chi connectivity index (χ3v) is 7.61. The van der Waals surface area contributed by atoms with Crippen LogP contribution in [0.5, 0.6) is 5.75 Å². The Morgan fingerprint density at radius 3 is 2.67 bits per heavy atom. The summed E-state index contributed by atoms with van der Waals surface area (Å²) in [6, 6.07) is 11.4. The number of nitrogens with zero attached hydrogens (tertiary/aromatic N) is 3. The number of methoxy groups -OCH3 is 1. The van der Waals surface area contributed by atoms with Crippen LogP contribution in [-0.4, -0.2) is 42.2 Å². The van der Waals surface area contributed by atoms with E-state index < -0.39 is 18.1 Å². The van der Waals surface area contributed by atoms with Crippen molar-refractivity contribution in [3.63, 3.8) is 0 Å². The van der Waals surface area contributed by atoms with Gasteiger partial charge in [-0.2, -0.15) is 13.2 Å². The van der Waals surface area contributed by atoms with E-state index in [1.54, 1.807) is 6.07 Å². The van der Waals surface area contributed by atoms with Crippen LogP contribution in [0, 0.1) is 5.92 Å². The van der Waals surface area contributed by atoms with Crippen LogP contribution >= 0.6 is 0 Å². The molecule has 40 heavy (non-hydrogen) atoms. The summed E-state index contributed by atoms with van der Waals surface area (Å²) in [6.45, 7) is 4.71. The zero-order valence-electron chi connectivity index (χ0n) is 22.6. The summed E-state index contributed by atoms with van der Waals surface area (Å²) in [4.78, 5) is 10.8. The molecule has 0 aliphatic carbocycles. The Labute approximate surface area is 231 Å². The van der Waals surface area contributed by atoms with Gasteiger partial charge in [-0.25, -0.2) is 9.98 Å². The minimum Gasteiger partial charge on any atom is -0.494 e. The van der Waals surface area contributed by atoms with Crippen molar-refractivity contribution in [2.45, 2.75) is 58.1 Å². The number of aliphatic imine (C=N–C) groups is 1. The summed E-state index contributed by atoms with van der Waals surface area (Å²) in [5.74, 6) is 1.41. The summed E-state index contributed by atoms with van der Waals surface area (Å²) >= 11 is 0. The number of piperidine rings is 1. The quantitative estimate of drug-likeness (QED) is 0.318. The van der Waals surface area contributed by atoms with Gasteiger partial charge in [0.1, 0.15) is 28.6 Å². The van der Waals surface area contributed by atoms with Crippen LogP contribution in [0.15, 0.2) is 45.8 Å². The highest BCUT2D eigenvalue weighted by molar-refractivity contribution is 5.95. The number of aromatic nitrogens is 1. The van der Waals surface area contributed by atoms with Gasteiger partial charge in [0.2, 0.25) is 5.89 Å². The second-order valence-corrected chi connectivity index (χ2v) is 10.4. The van der Waals surface area contributed by atoms with Gasteiger partial charge in [-0.1, -0.05) is 19.1 Å². The minimum atomic E-state index is -4.52.